The molecule has 0 radical (unpaired) electrons. The number of aryl methyl sites for hydroxylation is 1. The number of hydrogen-bond donors (Lipinski definition) is 1. The molecule has 3 rings (SSSR count). The molecule has 5 heteroatoms. The quantitative estimate of drug-likeness (QED) is 0.781. The van der Waals surface area contributed by atoms with Gasteiger partial charge in [-0.15, -0.1) is 22.7 Å². The molecule has 0 aliphatic rings. The molecular weight excluding hydrogens is 250 g/mol. The zero-order valence-electron chi connectivity index (χ0n) is 9.30. The second-order valence-corrected chi connectivity index (χ2v) is 6.01. The van der Waals surface area contributed by atoms with Crippen molar-refractivity contribution >= 4 is 38.7 Å². The SMILES string of the molecule is Cc1ccc(CNc2ncnc3ccsc23)s1. The van der Waals surface area contributed by atoms with Crippen molar-refractivity contribution in [3.8, 4) is 0 Å². The molecule has 0 aliphatic carbocycles. The van der Waals surface area contributed by atoms with E-state index in [1.165, 1.54) is 9.75 Å². The summed E-state index contributed by atoms with van der Waals surface area (Å²) in [6.45, 7) is 2.94. The number of thiophene rings is 2. The number of nitrogens with zero attached hydrogens (tertiary/aromatic N) is 2. The largest absolute Gasteiger partial charge is 0.364 e. The minimum absolute atomic E-state index is 0.822. The molecule has 1 N–H and O–H groups in total. The van der Waals surface area contributed by atoms with E-state index in [9.17, 15) is 0 Å². The lowest BCUT2D eigenvalue weighted by molar-refractivity contribution is 1.13. The Hall–Kier alpha value is -1.46. The van der Waals surface area contributed by atoms with Crippen molar-refractivity contribution in [2.24, 2.45) is 0 Å². The number of aromatic nitrogens is 2. The maximum atomic E-state index is 4.29. The van der Waals surface area contributed by atoms with Crippen molar-refractivity contribution in [2.75, 3.05) is 5.32 Å². The van der Waals surface area contributed by atoms with Gasteiger partial charge in [0.1, 0.15) is 12.1 Å². The fourth-order valence-electron chi connectivity index (χ4n) is 1.67. The maximum absolute atomic E-state index is 4.29. The van der Waals surface area contributed by atoms with Crippen LogP contribution in [0, 0.1) is 6.92 Å². The van der Waals surface area contributed by atoms with Gasteiger partial charge >= 0.3 is 0 Å². The van der Waals surface area contributed by atoms with Gasteiger partial charge < -0.3 is 5.32 Å². The number of hydrogen-bond acceptors (Lipinski definition) is 5. The summed E-state index contributed by atoms with van der Waals surface area (Å²) in [5.41, 5.74) is 1.01. The Morgan fingerprint density at radius 2 is 2.18 bits per heavy atom. The van der Waals surface area contributed by atoms with Gasteiger partial charge in [-0.3, -0.25) is 0 Å². The van der Waals surface area contributed by atoms with Crippen molar-refractivity contribution in [3.63, 3.8) is 0 Å². The van der Waals surface area contributed by atoms with Crippen LogP contribution >= 0.6 is 22.7 Å². The van der Waals surface area contributed by atoms with Crippen LogP contribution in [0.1, 0.15) is 9.75 Å². The summed E-state index contributed by atoms with van der Waals surface area (Å²) in [7, 11) is 0. The Kier molecular flexibility index (Phi) is 2.78. The average molecular weight is 261 g/mol. The molecule has 3 aromatic rings. The van der Waals surface area contributed by atoms with Crippen molar-refractivity contribution in [2.45, 2.75) is 13.5 Å². The predicted molar refractivity (Wildman–Crippen MR) is 73.8 cm³/mol. The first-order chi connectivity index (χ1) is 8.33. The van der Waals surface area contributed by atoms with Gasteiger partial charge in [-0.1, -0.05) is 0 Å². The smallest absolute Gasteiger partial charge is 0.147 e. The minimum atomic E-state index is 0.822. The fraction of sp³-hybridized carbons (Fsp3) is 0.167. The third-order valence-corrected chi connectivity index (χ3v) is 4.38. The van der Waals surface area contributed by atoms with Crippen LogP contribution in [0.3, 0.4) is 0 Å². The summed E-state index contributed by atoms with van der Waals surface area (Å²) in [4.78, 5) is 11.2. The van der Waals surface area contributed by atoms with Gasteiger partial charge in [0, 0.05) is 9.75 Å². The van der Waals surface area contributed by atoms with Crippen LogP contribution in [0.4, 0.5) is 5.82 Å². The van der Waals surface area contributed by atoms with E-state index in [1.54, 1.807) is 17.7 Å². The topological polar surface area (TPSA) is 37.8 Å². The van der Waals surface area contributed by atoms with Crippen LogP contribution in [-0.4, -0.2) is 9.97 Å². The van der Waals surface area contributed by atoms with Gasteiger partial charge in [-0.05, 0) is 30.5 Å². The van der Waals surface area contributed by atoms with Crippen molar-refractivity contribution in [3.05, 3.63) is 39.7 Å². The van der Waals surface area contributed by atoms with E-state index in [0.29, 0.717) is 0 Å². The molecule has 0 unspecified atom stereocenters. The van der Waals surface area contributed by atoms with Crippen LogP contribution in [0.25, 0.3) is 10.2 Å². The highest BCUT2D eigenvalue weighted by molar-refractivity contribution is 7.17. The zero-order chi connectivity index (χ0) is 11.7. The van der Waals surface area contributed by atoms with E-state index in [4.69, 9.17) is 0 Å². The van der Waals surface area contributed by atoms with Gasteiger partial charge in [0.15, 0.2) is 0 Å². The number of fused-ring (bicyclic) bond motifs is 1. The number of anilines is 1. The highest BCUT2D eigenvalue weighted by Gasteiger charge is 2.04. The summed E-state index contributed by atoms with van der Waals surface area (Å²) in [6.07, 6.45) is 1.61. The van der Waals surface area contributed by atoms with Crippen molar-refractivity contribution in [1.82, 2.24) is 9.97 Å². The summed E-state index contributed by atoms with van der Waals surface area (Å²) >= 11 is 3.48. The Bertz CT molecular complexity index is 642. The fourth-order valence-corrected chi connectivity index (χ4v) is 3.31. The molecule has 17 heavy (non-hydrogen) atoms. The van der Waals surface area contributed by atoms with E-state index in [-0.39, 0.29) is 0 Å². The van der Waals surface area contributed by atoms with Crippen LogP contribution in [0.2, 0.25) is 0 Å². The van der Waals surface area contributed by atoms with Gasteiger partial charge in [0.25, 0.3) is 0 Å². The molecule has 0 bridgehead atoms. The van der Waals surface area contributed by atoms with Gasteiger partial charge in [0.2, 0.25) is 0 Å². The predicted octanol–water partition coefficient (Wildman–Crippen LogP) is 3.67. The molecule has 0 aromatic carbocycles. The second kappa shape index (κ2) is 4.43. The molecule has 0 aliphatic heterocycles. The summed E-state index contributed by atoms with van der Waals surface area (Å²) in [6, 6.07) is 6.31. The summed E-state index contributed by atoms with van der Waals surface area (Å²) in [5, 5.41) is 5.41. The third-order valence-electron chi connectivity index (χ3n) is 2.47. The Balaban J connectivity index is 1.83. The Morgan fingerprint density at radius 3 is 3.00 bits per heavy atom. The van der Waals surface area contributed by atoms with E-state index >= 15 is 0 Å². The van der Waals surface area contributed by atoms with Crippen molar-refractivity contribution < 1.29 is 0 Å². The molecule has 0 fully saturated rings. The van der Waals surface area contributed by atoms with Gasteiger partial charge in [0.05, 0.1) is 16.8 Å². The average Bonchev–Trinajstić information content (AvgIpc) is 2.94. The summed E-state index contributed by atoms with van der Waals surface area (Å²) < 4.78 is 1.13. The summed E-state index contributed by atoms with van der Waals surface area (Å²) in [5.74, 6) is 0.927. The van der Waals surface area contributed by atoms with Crippen LogP contribution in [-0.2, 0) is 6.54 Å². The van der Waals surface area contributed by atoms with Gasteiger partial charge in [-0.25, -0.2) is 9.97 Å². The molecule has 0 amide bonds. The monoisotopic (exact) mass is 261 g/mol. The Labute approximate surface area is 107 Å². The number of rotatable bonds is 3. The first-order valence-electron chi connectivity index (χ1n) is 5.30. The molecule has 0 atom stereocenters. The van der Waals surface area contributed by atoms with Gasteiger partial charge in [-0.2, -0.15) is 0 Å². The van der Waals surface area contributed by atoms with E-state index < -0.39 is 0 Å². The van der Waals surface area contributed by atoms with Crippen LogP contribution in [0.5, 0.6) is 0 Å². The lowest BCUT2D eigenvalue weighted by atomic mass is 10.4. The highest BCUT2D eigenvalue weighted by Crippen LogP contribution is 2.25. The first kappa shape index (κ1) is 10.7. The third kappa shape index (κ3) is 2.16. The Morgan fingerprint density at radius 1 is 1.24 bits per heavy atom. The van der Waals surface area contributed by atoms with E-state index in [1.807, 2.05) is 22.8 Å². The van der Waals surface area contributed by atoms with E-state index in [0.717, 1.165) is 22.6 Å². The van der Waals surface area contributed by atoms with E-state index in [2.05, 4.69) is 34.3 Å². The molecule has 0 saturated heterocycles. The molecule has 0 saturated carbocycles. The molecule has 3 nitrogen and oxygen atoms in total. The molecular formula is C12H11N3S2. The lowest BCUT2D eigenvalue weighted by Crippen LogP contribution is -1.99. The zero-order valence-corrected chi connectivity index (χ0v) is 10.9. The highest BCUT2D eigenvalue weighted by atomic mass is 32.1. The standard InChI is InChI=1S/C12H11N3S2/c1-8-2-3-9(17-8)6-13-12-11-10(4-5-16-11)14-7-15-12/h2-5,7H,6H2,1H3,(H,13,14,15). The molecule has 3 heterocycles. The number of nitrogens with one attached hydrogen (secondary N) is 1. The van der Waals surface area contributed by atoms with Crippen molar-refractivity contribution in [1.29, 1.82) is 0 Å². The molecule has 0 spiro atoms. The molecule has 86 valence electrons. The normalized spacial score (nSPS) is 10.9. The maximum Gasteiger partial charge on any atom is 0.147 e. The first-order valence-corrected chi connectivity index (χ1v) is 7.00. The van der Waals surface area contributed by atoms with Crippen LogP contribution in [0.15, 0.2) is 29.9 Å². The second-order valence-electron chi connectivity index (χ2n) is 3.72. The minimum Gasteiger partial charge on any atom is -0.364 e. The lowest BCUT2D eigenvalue weighted by Gasteiger charge is -2.04. The van der Waals surface area contributed by atoms with Crippen LogP contribution < -0.4 is 5.32 Å². The molecule has 3 aromatic heterocycles.